The Morgan fingerprint density at radius 3 is 1.71 bits per heavy atom. The number of aromatic nitrogens is 1. The molecule has 0 fully saturated rings. The summed E-state index contributed by atoms with van der Waals surface area (Å²) in [5.74, 6) is -0.193. The van der Waals surface area contributed by atoms with Crippen LogP contribution in [0.5, 0.6) is 0 Å². The van der Waals surface area contributed by atoms with E-state index in [2.05, 4.69) is 61.2 Å². The van der Waals surface area contributed by atoms with Crippen LogP contribution in [0.3, 0.4) is 0 Å². The normalized spacial score (nSPS) is 11.8. The third-order valence-corrected chi connectivity index (χ3v) is 5.40. The molecule has 0 aliphatic rings. The van der Waals surface area contributed by atoms with Gasteiger partial charge in [-0.05, 0) is 80.1 Å². The quantitative estimate of drug-likeness (QED) is 0.394. The highest BCUT2D eigenvalue weighted by Crippen LogP contribution is 2.22. The van der Waals surface area contributed by atoms with Gasteiger partial charge in [-0.1, -0.05) is 50.3 Å². The molecule has 31 heavy (non-hydrogen) atoms. The van der Waals surface area contributed by atoms with Crippen LogP contribution < -0.4 is 5.32 Å². The van der Waals surface area contributed by atoms with Crippen LogP contribution in [0.15, 0.2) is 84.5 Å². The molecule has 3 rings (SSSR count). The van der Waals surface area contributed by atoms with Crippen molar-refractivity contribution in [1.29, 1.82) is 0 Å². The number of hydrogen-bond donors (Lipinski definition) is 1. The van der Waals surface area contributed by atoms with E-state index in [9.17, 15) is 4.39 Å². The van der Waals surface area contributed by atoms with Gasteiger partial charge in [-0.3, -0.25) is 4.98 Å². The molecule has 0 radical (unpaired) electrons. The summed E-state index contributed by atoms with van der Waals surface area (Å²) in [5, 5.41) is 3.54. The predicted molar refractivity (Wildman–Crippen MR) is 135 cm³/mol. The molecule has 166 valence electrons. The van der Waals surface area contributed by atoms with E-state index in [0.29, 0.717) is 0 Å². The Kier molecular flexibility index (Phi) is 12.5. The Morgan fingerprint density at radius 2 is 1.32 bits per heavy atom. The average molecular weight is 439 g/mol. The lowest BCUT2D eigenvalue weighted by Gasteiger charge is -2.21. The van der Waals surface area contributed by atoms with Crippen LogP contribution in [0.2, 0.25) is 0 Å². The molecule has 3 aromatic rings. The molecule has 0 saturated carbocycles. The topological polar surface area (TPSA) is 24.9 Å². The van der Waals surface area contributed by atoms with E-state index in [1.807, 2.05) is 45.0 Å². The van der Waals surface area contributed by atoms with Crippen LogP contribution in [0.1, 0.15) is 63.4 Å². The predicted octanol–water partition coefficient (Wildman–Crippen LogP) is 8.10. The monoisotopic (exact) mass is 438 g/mol. The van der Waals surface area contributed by atoms with Crippen molar-refractivity contribution in [1.82, 2.24) is 10.3 Å². The van der Waals surface area contributed by atoms with Gasteiger partial charge in [-0.15, -0.1) is 11.8 Å². The second kappa shape index (κ2) is 14.6. The van der Waals surface area contributed by atoms with Gasteiger partial charge in [0, 0.05) is 29.4 Å². The van der Waals surface area contributed by atoms with Crippen molar-refractivity contribution in [3.05, 3.63) is 102 Å². The summed E-state index contributed by atoms with van der Waals surface area (Å²) in [6.45, 7) is 14.0. The van der Waals surface area contributed by atoms with E-state index in [-0.39, 0.29) is 17.9 Å². The molecule has 2 unspecified atom stereocenters. The fourth-order valence-corrected chi connectivity index (χ4v) is 3.26. The van der Waals surface area contributed by atoms with Crippen molar-refractivity contribution in [2.45, 2.75) is 51.6 Å². The molecule has 0 saturated heterocycles. The first kappa shape index (κ1) is 26.6. The summed E-state index contributed by atoms with van der Waals surface area (Å²) < 4.78 is 12.9. The average Bonchev–Trinajstić information content (AvgIpc) is 2.81. The van der Waals surface area contributed by atoms with E-state index in [1.54, 1.807) is 24.2 Å². The van der Waals surface area contributed by atoms with Gasteiger partial charge >= 0.3 is 0 Å². The van der Waals surface area contributed by atoms with Crippen LogP contribution in [-0.2, 0) is 0 Å². The van der Waals surface area contributed by atoms with E-state index >= 15 is 0 Å². The number of thioether (sulfide) groups is 1. The number of halogens is 1. The largest absolute Gasteiger partial charge is 0.304 e. The first-order valence-corrected chi connectivity index (χ1v) is 11.8. The van der Waals surface area contributed by atoms with Gasteiger partial charge < -0.3 is 5.32 Å². The summed E-state index contributed by atoms with van der Waals surface area (Å²) in [4.78, 5) is 5.16. The smallest absolute Gasteiger partial charge is 0.123 e. The van der Waals surface area contributed by atoms with Crippen LogP contribution in [0.4, 0.5) is 4.39 Å². The second-order valence-corrected chi connectivity index (χ2v) is 7.83. The molecule has 1 N–H and O–H groups in total. The molecular weight excluding hydrogens is 403 g/mol. The molecule has 1 heterocycles. The molecule has 2 nitrogen and oxygen atoms in total. The summed E-state index contributed by atoms with van der Waals surface area (Å²) in [7, 11) is 0. The van der Waals surface area contributed by atoms with Gasteiger partial charge in [0.1, 0.15) is 5.82 Å². The highest BCUT2D eigenvalue weighted by Gasteiger charge is 2.11. The molecule has 2 aromatic carbocycles. The number of pyridine rings is 1. The maximum atomic E-state index is 12.9. The molecule has 0 bridgehead atoms. The Morgan fingerprint density at radius 1 is 0.871 bits per heavy atom. The minimum absolute atomic E-state index is 0.186. The van der Waals surface area contributed by atoms with Crippen molar-refractivity contribution in [3.8, 4) is 0 Å². The second-order valence-electron chi connectivity index (χ2n) is 6.95. The van der Waals surface area contributed by atoms with Crippen LogP contribution in [0, 0.1) is 5.82 Å². The SMILES string of the molecule is C=C(C)c1ccncc1.CC.CSc1ccc(C(C)NC(C)c2ccc(F)cc2)cc1. The summed E-state index contributed by atoms with van der Waals surface area (Å²) in [6.07, 6.45) is 5.61. The first-order chi connectivity index (χ1) is 14.9. The molecule has 0 spiro atoms. The molecule has 1 aromatic heterocycles. The zero-order chi connectivity index (χ0) is 23.2. The first-order valence-electron chi connectivity index (χ1n) is 10.6. The maximum absolute atomic E-state index is 12.9. The number of hydrogen-bond acceptors (Lipinski definition) is 3. The lowest BCUT2D eigenvalue weighted by atomic mass is 10.0. The number of benzene rings is 2. The van der Waals surface area contributed by atoms with Crippen LogP contribution in [-0.4, -0.2) is 11.2 Å². The lowest BCUT2D eigenvalue weighted by Crippen LogP contribution is -2.22. The van der Waals surface area contributed by atoms with Crippen molar-refractivity contribution in [2.24, 2.45) is 0 Å². The standard InChI is InChI=1S/C17H20FNS.C8H9N.C2H6/c1-12(14-4-8-16(18)9-5-14)19-13(2)15-6-10-17(20-3)11-7-15;1-7(2)8-3-5-9-6-4-8;1-2/h4-13,19H,1-3H3;3-6H,1H2,2H3;1-2H3. The highest BCUT2D eigenvalue weighted by molar-refractivity contribution is 7.98. The van der Waals surface area contributed by atoms with Gasteiger partial charge in [0.15, 0.2) is 0 Å². The summed E-state index contributed by atoms with van der Waals surface area (Å²) in [6, 6.07) is 19.6. The number of nitrogens with one attached hydrogen (secondary N) is 1. The van der Waals surface area contributed by atoms with Crippen molar-refractivity contribution >= 4 is 17.3 Å². The fourth-order valence-electron chi connectivity index (χ4n) is 2.85. The van der Waals surface area contributed by atoms with Gasteiger partial charge in [-0.25, -0.2) is 4.39 Å². The minimum Gasteiger partial charge on any atom is -0.304 e. The maximum Gasteiger partial charge on any atom is 0.123 e. The van der Waals surface area contributed by atoms with E-state index in [0.717, 1.165) is 16.7 Å². The Labute approximate surface area is 192 Å². The van der Waals surface area contributed by atoms with Crippen molar-refractivity contribution in [3.63, 3.8) is 0 Å². The lowest BCUT2D eigenvalue weighted by molar-refractivity contribution is 0.493. The minimum atomic E-state index is -0.193. The van der Waals surface area contributed by atoms with E-state index in [1.165, 1.54) is 22.6 Å². The molecular formula is C27H35FN2S. The number of rotatable bonds is 6. The molecule has 2 atom stereocenters. The Hall–Kier alpha value is -2.43. The Balaban J connectivity index is 0.000000365. The van der Waals surface area contributed by atoms with Crippen LogP contribution >= 0.6 is 11.8 Å². The van der Waals surface area contributed by atoms with Gasteiger partial charge in [0.25, 0.3) is 0 Å². The highest BCUT2D eigenvalue weighted by atomic mass is 32.2. The third kappa shape index (κ3) is 9.50. The van der Waals surface area contributed by atoms with Crippen molar-refractivity contribution < 1.29 is 4.39 Å². The molecule has 0 aliphatic carbocycles. The molecule has 0 aliphatic heterocycles. The molecule has 4 heteroatoms. The number of allylic oxidation sites excluding steroid dienone is 1. The zero-order valence-electron chi connectivity index (χ0n) is 19.5. The van der Waals surface area contributed by atoms with Gasteiger partial charge in [-0.2, -0.15) is 0 Å². The third-order valence-electron chi connectivity index (χ3n) is 4.66. The fraction of sp³-hybridized carbons (Fsp3) is 0.296. The van der Waals surface area contributed by atoms with Gasteiger partial charge in [0.05, 0.1) is 0 Å². The Bertz CT molecular complexity index is 877. The van der Waals surface area contributed by atoms with Crippen molar-refractivity contribution in [2.75, 3.05) is 6.26 Å². The zero-order valence-corrected chi connectivity index (χ0v) is 20.3. The van der Waals surface area contributed by atoms with Gasteiger partial charge in [0.2, 0.25) is 0 Å². The van der Waals surface area contributed by atoms with E-state index in [4.69, 9.17) is 0 Å². The summed E-state index contributed by atoms with van der Waals surface area (Å²) >= 11 is 1.75. The molecule has 0 amide bonds. The summed E-state index contributed by atoms with van der Waals surface area (Å²) in [5.41, 5.74) is 4.60. The van der Waals surface area contributed by atoms with E-state index < -0.39 is 0 Å². The number of nitrogens with zero attached hydrogens (tertiary/aromatic N) is 1. The van der Waals surface area contributed by atoms with Crippen LogP contribution in [0.25, 0.3) is 5.57 Å².